The van der Waals surface area contributed by atoms with Gasteiger partial charge in [0, 0.05) is 19.8 Å². The van der Waals surface area contributed by atoms with E-state index in [0.29, 0.717) is 22.7 Å². The van der Waals surface area contributed by atoms with Crippen molar-refractivity contribution in [2.45, 2.75) is 10.1 Å². The molecule has 2 heterocycles. The molecule has 3 N–H and O–H groups in total. The summed E-state index contributed by atoms with van der Waals surface area (Å²) in [6.07, 6.45) is 0. The first kappa shape index (κ1) is 20.8. The fourth-order valence-corrected chi connectivity index (χ4v) is 4.12. The molecule has 0 amide bonds. The smallest absolute Gasteiger partial charge is 0.229 e. The minimum Gasteiger partial charge on any atom is -0.457 e. The van der Waals surface area contributed by atoms with E-state index in [1.165, 1.54) is 23.1 Å². The first-order chi connectivity index (χ1) is 15.0. The molecule has 0 spiro atoms. The van der Waals surface area contributed by atoms with E-state index in [1.54, 1.807) is 4.90 Å². The van der Waals surface area contributed by atoms with Crippen molar-refractivity contribution < 1.29 is 4.74 Å². The van der Waals surface area contributed by atoms with Gasteiger partial charge in [-0.05, 0) is 36.4 Å². The molecular weight excluding hydrogens is 432 g/mol. The molecule has 0 bridgehead atoms. The fourth-order valence-electron chi connectivity index (χ4n) is 2.49. The predicted octanol–water partition coefficient (Wildman–Crippen LogP) is 4.20. The standard InChI is InChI=1S/C20H20N8OS2/c1-28(2)18-24-16(23-17(21)25-18)12-30-20-27-26-19(31-20)22-13-8-10-15(11-9-13)29-14-6-4-3-5-7-14/h3-11H,12H2,1-2H3,(H,22,26)(H2,21,23,24,25). The number of nitrogens with two attached hydrogens (primary N) is 1. The third kappa shape index (κ3) is 5.80. The average Bonchev–Trinajstić information content (AvgIpc) is 3.21. The summed E-state index contributed by atoms with van der Waals surface area (Å²) in [4.78, 5) is 14.5. The molecule has 0 aliphatic rings. The van der Waals surface area contributed by atoms with Crippen LogP contribution in [0.1, 0.15) is 5.82 Å². The van der Waals surface area contributed by atoms with Gasteiger partial charge in [0.2, 0.25) is 17.0 Å². The summed E-state index contributed by atoms with van der Waals surface area (Å²) in [5, 5.41) is 12.4. The highest BCUT2D eigenvalue weighted by atomic mass is 32.2. The zero-order valence-electron chi connectivity index (χ0n) is 16.9. The van der Waals surface area contributed by atoms with E-state index in [4.69, 9.17) is 10.5 Å². The van der Waals surface area contributed by atoms with E-state index in [1.807, 2.05) is 68.7 Å². The number of thioether (sulfide) groups is 1. The molecule has 0 aliphatic heterocycles. The fraction of sp³-hybridized carbons (Fsp3) is 0.150. The molecule has 0 radical (unpaired) electrons. The van der Waals surface area contributed by atoms with Crippen molar-refractivity contribution in [1.29, 1.82) is 0 Å². The Morgan fingerprint density at radius 2 is 1.71 bits per heavy atom. The summed E-state index contributed by atoms with van der Waals surface area (Å²) >= 11 is 2.95. The Labute approximate surface area is 187 Å². The second-order valence-electron chi connectivity index (χ2n) is 6.53. The zero-order valence-corrected chi connectivity index (χ0v) is 18.5. The van der Waals surface area contributed by atoms with Crippen molar-refractivity contribution in [3.05, 3.63) is 60.4 Å². The van der Waals surface area contributed by atoms with Crippen LogP contribution in [-0.2, 0) is 5.75 Å². The van der Waals surface area contributed by atoms with Crippen LogP contribution in [0.25, 0.3) is 0 Å². The number of benzene rings is 2. The number of rotatable bonds is 8. The van der Waals surface area contributed by atoms with Gasteiger partial charge in [-0.15, -0.1) is 10.2 Å². The third-order valence-corrected chi connectivity index (χ3v) is 5.87. The Hall–Kier alpha value is -3.44. The minimum absolute atomic E-state index is 0.202. The summed E-state index contributed by atoms with van der Waals surface area (Å²) in [7, 11) is 3.71. The van der Waals surface area contributed by atoms with E-state index in [2.05, 4.69) is 30.5 Å². The lowest BCUT2D eigenvalue weighted by atomic mass is 10.3. The molecule has 9 nitrogen and oxygen atoms in total. The van der Waals surface area contributed by atoms with E-state index in [9.17, 15) is 0 Å². The largest absolute Gasteiger partial charge is 0.457 e. The number of nitrogens with zero attached hydrogens (tertiary/aromatic N) is 6. The number of para-hydroxylation sites is 1. The normalized spacial score (nSPS) is 10.6. The van der Waals surface area contributed by atoms with Crippen molar-refractivity contribution in [3.8, 4) is 11.5 Å². The van der Waals surface area contributed by atoms with E-state index < -0.39 is 0 Å². The topological polar surface area (TPSA) is 115 Å². The molecule has 0 fully saturated rings. The van der Waals surface area contributed by atoms with Crippen LogP contribution in [0.3, 0.4) is 0 Å². The zero-order chi connectivity index (χ0) is 21.6. The number of anilines is 4. The number of nitrogens with one attached hydrogen (secondary N) is 1. The van der Waals surface area contributed by atoms with Crippen molar-refractivity contribution in [3.63, 3.8) is 0 Å². The van der Waals surface area contributed by atoms with Gasteiger partial charge in [-0.25, -0.2) is 0 Å². The molecule has 0 saturated heterocycles. The summed E-state index contributed by atoms with van der Waals surface area (Å²) in [5.74, 6) is 3.41. The van der Waals surface area contributed by atoms with Crippen LogP contribution in [0.5, 0.6) is 11.5 Å². The van der Waals surface area contributed by atoms with Gasteiger partial charge in [0.25, 0.3) is 0 Å². The number of aromatic nitrogens is 5. The van der Waals surface area contributed by atoms with Crippen LogP contribution in [0.4, 0.5) is 22.7 Å². The number of hydrogen-bond acceptors (Lipinski definition) is 11. The van der Waals surface area contributed by atoms with Crippen LogP contribution in [0, 0.1) is 0 Å². The summed E-state index contributed by atoms with van der Waals surface area (Å²) in [6.45, 7) is 0. The summed E-state index contributed by atoms with van der Waals surface area (Å²) in [5.41, 5.74) is 6.66. The summed E-state index contributed by atoms with van der Waals surface area (Å²) < 4.78 is 6.61. The molecule has 11 heteroatoms. The van der Waals surface area contributed by atoms with Crippen molar-refractivity contribution >= 4 is 45.8 Å². The maximum atomic E-state index is 5.81. The van der Waals surface area contributed by atoms with Crippen LogP contribution < -0.4 is 20.7 Å². The number of hydrogen-bond donors (Lipinski definition) is 2. The lowest BCUT2D eigenvalue weighted by Crippen LogP contribution is -2.15. The van der Waals surface area contributed by atoms with Crippen molar-refractivity contribution in [1.82, 2.24) is 25.1 Å². The molecule has 2 aromatic heterocycles. The maximum absolute atomic E-state index is 5.81. The van der Waals surface area contributed by atoms with Gasteiger partial charge in [0.1, 0.15) is 17.3 Å². The second kappa shape index (κ2) is 9.58. The number of ether oxygens (including phenoxy) is 1. The van der Waals surface area contributed by atoms with Gasteiger partial charge < -0.3 is 20.7 Å². The van der Waals surface area contributed by atoms with E-state index in [-0.39, 0.29) is 5.95 Å². The van der Waals surface area contributed by atoms with E-state index >= 15 is 0 Å². The molecule has 31 heavy (non-hydrogen) atoms. The monoisotopic (exact) mass is 452 g/mol. The minimum atomic E-state index is 0.202. The van der Waals surface area contributed by atoms with Crippen LogP contribution >= 0.6 is 23.1 Å². The molecular formula is C20H20N8OS2. The Kier molecular flexibility index (Phi) is 6.43. The van der Waals surface area contributed by atoms with Gasteiger partial charge in [-0.2, -0.15) is 15.0 Å². The van der Waals surface area contributed by atoms with Crippen LogP contribution in [0.2, 0.25) is 0 Å². The Morgan fingerprint density at radius 1 is 0.968 bits per heavy atom. The molecule has 2 aromatic carbocycles. The predicted molar refractivity (Wildman–Crippen MR) is 124 cm³/mol. The lowest BCUT2D eigenvalue weighted by Gasteiger charge is -2.10. The third-order valence-electron chi connectivity index (χ3n) is 3.90. The quantitative estimate of drug-likeness (QED) is 0.377. The van der Waals surface area contributed by atoms with Gasteiger partial charge in [-0.3, -0.25) is 0 Å². The molecule has 0 unspecified atom stereocenters. The Bertz CT molecular complexity index is 1140. The Morgan fingerprint density at radius 3 is 2.45 bits per heavy atom. The second-order valence-corrected chi connectivity index (χ2v) is 8.73. The van der Waals surface area contributed by atoms with Gasteiger partial charge in [0.05, 0.1) is 5.75 Å². The van der Waals surface area contributed by atoms with Crippen LogP contribution in [0.15, 0.2) is 58.9 Å². The maximum Gasteiger partial charge on any atom is 0.229 e. The number of nitrogen functional groups attached to an aromatic ring is 1. The van der Waals surface area contributed by atoms with Gasteiger partial charge in [0.15, 0.2) is 4.34 Å². The van der Waals surface area contributed by atoms with Crippen molar-refractivity contribution in [2.75, 3.05) is 30.0 Å². The highest BCUT2D eigenvalue weighted by molar-refractivity contribution is 8.00. The first-order valence-corrected chi connectivity index (χ1v) is 11.1. The van der Waals surface area contributed by atoms with Gasteiger partial charge >= 0.3 is 0 Å². The molecule has 158 valence electrons. The highest BCUT2D eigenvalue weighted by Gasteiger charge is 2.10. The Balaban J connectivity index is 1.34. The molecule has 0 atom stereocenters. The lowest BCUT2D eigenvalue weighted by molar-refractivity contribution is 0.483. The van der Waals surface area contributed by atoms with Gasteiger partial charge in [-0.1, -0.05) is 41.3 Å². The SMILES string of the molecule is CN(C)c1nc(N)nc(CSc2nnc(Nc3ccc(Oc4ccccc4)cc3)s2)n1. The molecule has 4 aromatic rings. The molecule has 0 saturated carbocycles. The highest BCUT2D eigenvalue weighted by Crippen LogP contribution is 2.30. The van der Waals surface area contributed by atoms with Crippen LogP contribution in [-0.4, -0.2) is 39.2 Å². The first-order valence-electron chi connectivity index (χ1n) is 9.29. The summed E-state index contributed by atoms with van der Waals surface area (Å²) in [6, 6.07) is 17.3. The molecule has 4 rings (SSSR count). The van der Waals surface area contributed by atoms with E-state index in [0.717, 1.165) is 21.5 Å². The average molecular weight is 453 g/mol. The molecule has 0 aliphatic carbocycles. The van der Waals surface area contributed by atoms with Crippen molar-refractivity contribution in [2.24, 2.45) is 0 Å².